The molecule has 13 heteroatoms. The molecule has 0 spiro atoms. The number of non-ortho nitro benzene ring substituents is 1. The van der Waals surface area contributed by atoms with Crippen LogP contribution in [0.4, 0.5) is 10.5 Å². The van der Waals surface area contributed by atoms with Crippen LogP contribution >= 0.6 is 0 Å². The van der Waals surface area contributed by atoms with Crippen LogP contribution in [0.2, 0.25) is 0 Å². The number of carbonyl (C=O) groups is 3. The number of nitro benzene ring substituents is 1. The predicted molar refractivity (Wildman–Crippen MR) is 206 cm³/mol. The number of hydrogen-bond donors (Lipinski definition) is 1. The molecule has 1 aliphatic rings. The van der Waals surface area contributed by atoms with Crippen LogP contribution in [0.3, 0.4) is 0 Å². The summed E-state index contributed by atoms with van der Waals surface area (Å²) in [6, 6.07) is 19.3. The van der Waals surface area contributed by atoms with Crippen molar-refractivity contribution in [3.05, 3.63) is 121 Å². The standard InChI is InChI=1S/C42H47N3O10/c1-7-18-52-37-26-12-9-13-27(37)22-31-23-32(45(50)51)24-34(40(31)54-25-35(46)47)36(41(48)43(3)4)33-17-11-16-30(39(33)53-19-8-2)21-29-15-10-14-28(20-26)38(29)55-42(49)44(5)6/h9-17,23-24,36H,7-8,18-22,25H2,1-6H3,(H,46,47). The van der Waals surface area contributed by atoms with Crippen LogP contribution in [-0.4, -0.2) is 85.8 Å². The maximum absolute atomic E-state index is 14.5. The van der Waals surface area contributed by atoms with Crippen molar-refractivity contribution in [1.29, 1.82) is 0 Å². The van der Waals surface area contributed by atoms with E-state index in [1.165, 1.54) is 21.9 Å². The molecule has 4 aromatic rings. The van der Waals surface area contributed by atoms with Gasteiger partial charge in [0.05, 0.1) is 24.1 Å². The number of benzene rings is 4. The molecule has 1 N–H and O–H groups in total. The molecule has 13 nitrogen and oxygen atoms in total. The maximum Gasteiger partial charge on any atom is 0.414 e. The minimum Gasteiger partial charge on any atom is -0.493 e. The fraction of sp³-hybridized carbons (Fsp3) is 0.357. The minimum atomic E-state index is -1.26. The third kappa shape index (κ3) is 9.17. The fourth-order valence-electron chi connectivity index (χ4n) is 6.65. The van der Waals surface area contributed by atoms with Gasteiger partial charge in [-0.05, 0) is 40.7 Å². The molecule has 0 saturated heterocycles. The highest BCUT2D eigenvalue weighted by atomic mass is 16.6. The number of amides is 2. The molecule has 0 radical (unpaired) electrons. The van der Waals surface area contributed by atoms with Gasteiger partial charge in [-0.25, -0.2) is 9.59 Å². The van der Waals surface area contributed by atoms with E-state index in [1.54, 1.807) is 40.3 Å². The Bertz CT molecular complexity index is 2080. The first-order valence-corrected chi connectivity index (χ1v) is 18.2. The summed E-state index contributed by atoms with van der Waals surface area (Å²) in [7, 11) is 6.37. The molecule has 8 bridgehead atoms. The van der Waals surface area contributed by atoms with E-state index in [9.17, 15) is 29.6 Å². The minimum absolute atomic E-state index is 0.0289. The summed E-state index contributed by atoms with van der Waals surface area (Å²) < 4.78 is 25.0. The molecule has 0 heterocycles. The van der Waals surface area contributed by atoms with Gasteiger partial charge in [0, 0.05) is 76.3 Å². The van der Waals surface area contributed by atoms with E-state index in [1.807, 2.05) is 56.3 Å². The van der Waals surface area contributed by atoms with Crippen LogP contribution in [0.1, 0.15) is 77.1 Å². The molecular weight excluding hydrogens is 706 g/mol. The summed E-state index contributed by atoms with van der Waals surface area (Å²) >= 11 is 0. The zero-order valence-electron chi connectivity index (χ0n) is 32.0. The van der Waals surface area contributed by atoms with Gasteiger partial charge in [0.25, 0.3) is 5.69 Å². The van der Waals surface area contributed by atoms with Crippen molar-refractivity contribution in [3.63, 3.8) is 0 Å². The summed E-state index contributed by atoms with van der Waals surface area (Å²) in [5.74, 6) is -1.59. The van der Waals surface area contributed by atoms with Crippen molar-refractivity contribution in [3.8, 4) is 23.0 Å². The molecule has 0 saturated carbocycles. The van der Waals surface area contributed by atoms with E-state index < -0.39 is 35.4 Å². The van der Waals surface area contributed by atoms with E-state index in [2.05, 4.69) is 0 Å². The molecule has 1 atom stereocenters. The number of likely N-dealkylation sites (N-methyl/N-ethyl adjacent to an activating group) is 1. The SMILES string of the molecule is CCCOc1c2cccc1Cc1cc([N+](=O)[O-])cc(c1OCC(=O)O)C(C(=O)N(C)C)c1cccc(c1OCCC)Cc1cccc(c1OC(=O)N(C)C)C2. The molecule has 55 heavy (non-hydrogen) atoms. The lowest BCUT2D eigenvalue weighted by Gasteiger charge is -2.28. The van der Waals surface area contributed by atoms with E-state index in [4.69, 9.17) is 18.9 Å². The number of nitro groups is 1. The molecule has 4 aromatic carbocycles. The Morgan fingerprint density at radius 2 is 1.18 bits per heavy atom. The molecular formula is C42H47N3O10. The number of aliphatic carboxylic acids is 1. The van der Waals surface area contributed by atoms with E-state index >= 15 is 0 Å². The van der Waals surface area contributed by atoms with Gasteiger partial charge < -0.3 is 33.9 Å². The number of carboxylic acids is 1. The Morgan fingerprint density at radius 1 is 0.691 bits per heavy atom. The highest BCUT2D eigenvalue weighted by molar-refractivity contribution is 5.89. The second-order valence-corrected chi connectivity index (χ2v) is 13.8. The smallest absolute Gasteiger partial charge is 0.414 e. The fourth-order valence-corrected chi connectivity index (χ4v) is 6.65. The first kappa shape index (κ1) is 40.1. The van der Waals surface area contributed by atoms with E-state index in [-0.39, 0.29) is 36.4 Å². The second kappa shape index (κ2) is 17.8. The topological polar surface area (TPSA) is 158 Å². The van der Waals surface area contributed by atoms with Crippen molar-refractivity contribution in [2.45, 2.75) is 51.9 Å². The average Bonchev–Trinajstić information content (AvgIpc) is 3.14. The van der Waals surface area contributed by atoms with Gasteiger partial charge in [0.15, 0.2) is 6.61 Å². The first-order chi connectivity index (χ1) is 26.3. The van der Waals surface area contributed by atoms with Crippen LogP contribution in [-0.2, 0) is 28.9 Å². The van der Waals surface area contributed by atoms with Crippen LogP contribution in [0, 0.1) is 10.1 Å². The highest BCUT2D eigenvalue weighted by Crippen LogP contribution is 2.45. The Kier molecular flexibility index (Phi) is 13.0. The van der Waals surface area contributed by atoms with Crippen LogP contribution in [0.5, 0.6) is 23.0 Å². The van der Waals surface area contributed by atoms with E-state index in [0.29, 0.717) is 76.5 Å². The number of ether oxygens (including phenoxy) is 4. The zero-order chi connectivity index (χ0) is 39.8. The number of nitrogens with zero attached hydrogens (tertiary/aromatic N) is 3. The van der Waals surface area contributed by atoms with Crippen LogP contribution < -0.4 is 18.9 Å². The average molecular weight is 754 g/mol. The molecule has 0 fully saturated rings. The second-order valence-electron chi connectivity index (χ2n) is 13.8. The van der Waals surface area contributed by atoms with Crippen LogP contribution in [0.15, 0.2) is 66.7 Å². The molecule has 5 rings (SSSR count). The molecule has 1 aliphatic carbocycles. The highest BCUT2D eigenvalue weighted by Gasteiger charge is 2.35. The molecule has 0 aromatic heterocycles. The Labute approximate surface area is 320 Å². The molecule has 0 aliphatic heterocycles. The number of para-hydroxylation sites is 3. The van der Waals surface area contributed by atoms with Gasteiger partial charge in [-0.3, -0.25) is 14.9 Å². The van der Waals surface area contributed by atoms with Gasteiger partial charge in [-0.15, -0.1) is 0 Å². The van der Waals surface area contributed by atoms with Crippen LogP contribution in [0.25, 0.3) is 0 Å². The van der Waals surface area contributed by atoms with E-state index in [0.717, 1.165) is 5.56 Å². The summed E-state index contributed by atoms with van der Waals surface area (Å²) in [4.78, 5) is 54.4. The Morgan fingerprint density at radius 3 is 1.69 bits per heavy atom. The summed E-state index contributed by atoms with van der Waals surface area (Å²) in [5.41, 5.74) is 4.00. The van der Waals surface area contributed by atoms with Crippen molar-refractivity contribution in [1.82, 2.24) is 9.80 Å². The summed E-state index contributed by atoms with van der Waals surface area (Å²) in [5, 5.41) is 22.4. The number of carboxylic acid groups (broad SMARTS) is 1. The lowest BCUT2D eigenvalue weighted by molar-refractivity contribution is -0.385. The predicted octanol–water partition coefficient (Wildman–Crippen LogP) is 7.00. The summed E-state index contributed by atoms with van der Waals surface area (Å²) in [6.45, 7) is 3.81. The quantitative estimate of drug-likeness (QED) is 0.118. The van der Waals surface area contributed by atoms with Gasteiger partial charge >= 0.3 is 12.1 Å². The largest absolute Gasteiger partial charge is 0.493 e. The van der Waals surface area contributed by atoms with Crippen molar-refractivity contribution < 1.29 is 43.4 Å². The van der Waals surface area contributed by atoms with Crippen molar-refractivity contribution >= 4 is 23.7 Å². The Balaban J connectivity index is 1.94. The third-order valence-electron chi connectivity index (χ3n) is 9.12. The lowest BCUT2D eigenvalue weighted by Crippen LogP contribution is -2.30. The third-order valence-corrected chi connectivity index (χ3v) is 9.12. The number of carbonyl (C=O) groups excluding carboxylic acids is 2. The molecule has 1 unspecified atom stereocenters. The Hall–Kier alpha value is -6.11. The normalized spacial score (nSPS) is 13.3. The number of hydrogen-bond acceptors (Lipinski definition) is 9. The van der Waals surface area contributed by atoms with Crippen molar-refractivity contribution in [2.75, 3.05) is 48.0 Å². The van der Waals surface area contributed by atoms with Gasteiger partial charge in [-0.1, -0.05) is 68.4 Å². The zero-order valence-corrected chi connectivity index (χ0v) is 32.0. The molecule has 2 amide bonds. The first-order valence-electron chi connectivity index (χ1n) is 18.2. The van der Waals surface area contributed by atoms with Gasteiger partial charge in [-0.2, -0.15) is 0 Å². The monoisotopic (exact) mass is 753 g/mol. The lowest BCUT2D eigenvalue weighted by atomic mass is 9.84. The number of rotatable bonds is 12. The van der Waals surface area contributed by atoms with Gasteiger partial charge in [0.2, 0.25) is 5.91 Å². The summed E-state index contributed by atoms with van der Waals surface area (Å²) in [6.07, 6.45) is 1.33. The van der Waals surface area contributed by atoms with Gasteiger partial charge in [0.1, 0.15) is 23.0 Å². The van der Waals surface area contributed by atoms with Crippen molar-refractivity contribution in [2.24, 2.45) is 0 Å². The molecule has 290 valence electrons. The maximum atomic E-state index is 14.5. The number of fused-ring (bicyclic) bond motifs is 8.